The van der Waals surface area contributed by atoms with Gasteiger partial charge < -0.3 is 15.4 Å². The minimum absolute atomic E-state index is 0. The number of aliphatic imine (C=N–C) groups is 1. The molecule has 0 heterocycles. The van der Waals surface area contributed by atoms with Crippen LogP contribution in [0, 0.1) is 5.82 Å². The third-order valence-electron chi connectivity index (χ3n) is 3.30. The summed E-state index contributed by atoms with van der Waals surface area (Å²) in [6, 6.07) is 12.4. The van der Waals surface area contributed by atoms with Crippen LogP contribution in [0.2, 0.25) is 5.02 Å². The molecule has 0 radical (unpaired) electrons. The van der Waals surface area contributed by atoms with Gasteiger partial charge in [0.2, 0.25) is 0 Å². The number of guanidine groups is 1. The summed E-state index contributed by atoms with van der Waals surface area (Å²) in [5.74, 6) is 0.460. The molecule has 0 saturated carbocycles. The van der Waals surface area contributed by atoms with Crippen molar-refractivity contribution in [2.24, 2.45) is 4.99 Å². The minimum Gasteiger partial charge on any atom is -0.494 e. The second kappa shape index (κ2) is 10.4. The summed E-state index contributed by atoms with van der Waals surface area (Å²) in [6.07, 6.45) is 0. The molecule has 24 heavy (non-hydrogen) atoms. The summed E-state index contributed by atoms with van der Waals surface area (Å²) in [6.45, 7) is 0.999. The van der Waals surface area contributed by atoms with Gasteiger partial charge in [-0.3, -0.25) is 4.99 Å². The van der Waals surface area contributed by atoms with E-state index in [0.717, 1.165) is 11.1 Å². The maximum atomic E-state index is 13.7. The van der Waals surface area contributed by atoms with Crippen LogP contribution in [0.1, 0.15) is 11.1 Å². The van der Waals surface area contributed by atoms with Crippen molar-refractivity contribution in [3.63, 3.8) is 0 Å². The molecule has 0 fully saturated rings. The van der Waals surface area contributed by atoms with Crippen molar-refractivity contribution in [3.8, 4) is 5.75 Å². The van der Waals surface area contributed by atoms with Gasteiger partial charge in [0, 0.05) is 25.2 Å². The van der Waals surface area contributed by atoms with Gasteiger partial charge in [-0.2, -0.15) is 0 Å². The predicted molar refractivity (Wildman–Crippen MR) is 107 cm³/mol. The molecule has 0 spiro atoms. The van der Waals surface area contributed by atoms with Crippen LogP contribution in [0.4, 0.5) is 4.39 Å². The highest BCUT2D eigenvalue weighted by Gasteiger charge is 2.05. The zero-order valence-corrected chi connectivity index (χ0v) is 16.6. The van der Waals surface area contributed by atoms with Crippen molar-refractivity contribution in [3.05, 3.63) is 64.4 Å². The van der Waals surface area contributed by atoms with Crippen LogP contribution in [-0.4, -0.2) is 20.1 Å². The van der Waals surface area contributed by atoms with Crippen molar-refractivity contribution >= 4 is 41.5 Å². The Balaban J connectivity index is 0.00000288. The van der Waals surface area contributed by atoms with Crippen molar-refractivity contribution in [2.75, 3.05) is 14.2 Å². The molecule has 0 aliphatic rings. The molecule has 2 aromatic carbocycles. The molecule has 0 bridgehead atoms. The lowest BCUT2D eigenvalue weighted by Crippen LogP contribution is -2.36. The summed E-state index contributed by atoms with van der Waals surface area (Å²) >= 11 is 6.12. The molecule has 2 rings (SSSR count). The fourth-order valence-electron chi connectivity index (χ4n) is 2.05. The third-order valence-corrected chi connectivity index (χ3v) is 3.67. The fraction of sp³-hybridized carbons (Fsp3) is 0.235. The molecule has 0 saturated heterocycles. The van der Waals surface area contributed by atoms with Crippen LogP contribution >= 0.6 is 35.6 Å². The van der Waals surface area contributed by atoms with Gasteiger partial charge in [0.05, 0.1) is 7.11 Å². The van der Waals surface area contributed by atoms with E-state index in [1.807, 2.05) is 24.3 Å². The average molecular weight is 464 g/mol. The van der Waals surface area contributed by atoms with E-state index in [9.17, 15) is 4.39 Å². The maximum absolute atomic E-state index is 13.7. The molecule has 0 amide bonds. The number of hydrogen-bond donors (Lipinski definition) is 2. The highest BCUT2D eigenvalue weighted by Crippen LogP contribution is 2.17. The molecule has 7 heteroatoms. The smallest absolute Gasteiger partial charge is 0.191 e. The van der Waals surface area contributed by atoms with Crippen molar-refractivity contribution < 1.29 is 9.13 Å². The van der Waals surface area contributed by atoms with Gasteiger partial charge in [0.15, 0.2) is 17.5 Å². The van der Waals surface area contributed by atoms with Crippen LogP contribution in [0.25, 0.3) is 0 Å². The van der Waals surface area contributed by atoms with Crippen LogP contribution in [-0.2, 0) is 13.1 Å². The predicted octanol–water partition coefficient (Wildman–Crippen LogP) is 3.97. The van der Waals surface area contributed by atoms with E-state index in [0.29, 0.717) is 24.1 Å². The summed E-state index contributed by atoms with van der Waals surface area (Å²) < 4.78 is 18.6. The molecule has 130 valence electrons. The van der Waals surface area contributed by atoms with Gasteiger partial charge in [0.25, 0.3) is 0 Å². The Kier molecular flexibility index (Phi) is 8.84. The van der Waals surface area contributed by atoms with Crippen LogP contribution in [0.15, 0.2) is 47.5 Å². The van der Waals surface area contributed by atoms with Gasteiger partial charge in [0.1, 0.15) is 0 Å². The quantitative estimate of drug-likeness (QED) is 0.401. The monoisotopic (exact) mass is 463 g/mol. The van der Waals surface area contributed by atoms with E-state index in [2.05, 4.69) is 15.6 Å². The molecule has 2 N–H and O–H groups in total. The second-order valence-corrected chi connectivity index (χ2v) is 5.25. The third kappa shape index (κ3) is 5.83. The van der Waals surface area contributed by atoms with Crippen molar-refractivity contribution in [2.45, 2.75) is 13.1 Å². The second-order valence-electron chi connectivity index (χ2n) is 4.84. The maximum Gasteiger partial charge on any atom is 0.191 e. The average Bonchev–Trinajstić information content (AvgIpc) is 2.56. The first-order valence-corrected chi connectivity index (χ1v) is 7.52. The first kappa shape index (κ1) is 20.5. The molecule has 0 aliphatic heterocycles. The zero-order valence-electron chi connectivity index (χ0n) is 13.5. The van der Waals surface area contributed by atoms with Crippen molar-refractivity contribution in [1.82, 2.24) is 10.6 Å². The first-order valence-electron chi connectivity index (χ1n) is 7.14. The Hall–Kier alpha value is -1.54. The Morgan fingerprint density at radius 2 is 1.88 bits per heavy atom. The number of nitrogens with one attached hydrogen (secondary N) is 2. The lowest BCUT2D eigenvalue weighted by molar-refractivity contribution is 0.386. The number of benzene rings is 2. The standard InChI is InChI=1S/C17H19ClFN3O.HI/c1-20-17(22-11-13-5-3-4-6-14(13)18)21-10-12-7-8-16(23-2)15(19)9-12;/h3-9H,10-11H2,1-2H3,(H2,20,21,22);1H. The highest BCUT2D eigenvalue weighted by molar-refractivity contribution is 14.0. The molecule has 2 aromatic rings. The molecule has 0 aromatic heterocycles. The molecule has 0 atom stereocenters. The number of methoxy groups -OCH3 is 1. The van der Waals surface area contributed by atoms with E-state index >= 15 is 0 Å². The minimum atomic E-state index is -0.384. The fourth-order valence-corrected chi connectivity index (χ4v) is 2.25. The van der Waals surface area contributed by atoms with Gasteiger partial charge in [-0.1, -0.05) is 35.9 Å². The van der Waals surface area contributed by atoms with Gasteiger partial charge in [-0.05, 0) is 29.3 Å². The Labute approximate surface area is 163 Å². The number of ether oxygens (including phenoxy) is 1. The normalized spacial score (nSPS) is 10.8. The highest BCUT2D eigenvalue weighted by atomic mass is 127. The molecule has 0 aliphatic carbocycles. The lowest BCUT2D eigenvalue weighted by atomic mass is 10.2. The van der Waals surface area contributed by atoms with Crippen LogP contribution < -0.4 is 15.4 Å². The number of rotatable bonds is 5. The molecule has 0 unspecified atom stereocenters. The number of hydrogen-bond acceptors (Lipinski definition) is 2. The summed E-state index contributed by atoms with van der Waals surface area (Å²) in [5.41, 5.74) is 1.77. The Bertz CT molecular complexity index is 697. The van der Waals surface area contributed by atoms with Gasteiger partial charge in [-0.15, -0.1) is 24.0 Å². The summed E-state index contributed by atoms with van der Waals surface area (Å²) in [5, 5.41) is 7.00. The van der Waals surface area contributed by atoms with E-state index < -0.39 is 0 Å². The number of nitrogens with zero attached hydrogens (tertiary/aromatic N) is 1. The molecular weight excluding hydrogens is 444 g/mol. The Morgan fingerprint density at radius 3 is 2.50 bits per heavy atom. The van der Waals surface area contributed by atoms with E-state index in [4.69, 9.17) is 16.3 Å². The SMILES string of the molecule is CN=C(NCc1ccc(OC)c(F)c1)NCc1ccccc1Cl.I. The topological polar surface area (TPSA) is 45.7 Å². The molecular formula is C17H20ClFIN3O. The Morgan fingerprint density at radius 1 is 1.17 bits per heavy atom. The summed E-state index contributed by atoms with van der Waals surface area (Å²) in [4.78, 5) is 4.14. The number of halogens is 3. The zero-order chi connectivity index (χ0) is 16.7. The van der Waals surface area contributed by atoms with E-state index in [-0.39, 0.29) is 35.5 Å². The lowest BCUT2D eigenvalue weighted by Gasteiger charge is -2.13. The van der Waals surface area contributed by atoms with Gasteiger partial charge in [-0.25, -0.2) is 4.39 Å². The van der Waals surface area contributed by atoms with Crippen molar-refractivity contribution in [1.29, 1.82) is 0 Å². The van der Waals surface area contributed by atoms with Gasteiger partial charge >= 0.3 is 0 Å². The van der Waals surface area contributed by atoms with Crippen LogP contribution in [0.3, 0.4) is 0 Å². The van der Waals surface area contributed by atoms with E-state index in [1.54, 1.807) is 19.2 Å². The van der Waals surface area contributed by atoms with E-state index in [1.165, 1.54) is 13.2 Å². The largest absolute Gasteiger partial charge is 0.494 e. The first-order chi connectivity index (χ1) is 11.1. The van der Waals surface area contributed by atoms with Crippen LogP contribution in [0.5, 0.6) is 5.75 Å². The summed E-state index contributed by atoms with van der Waals surface area (Å²) in [7, 11) is 3.12. The molecule has 4 nitrogen and oxygen atoms in total.